The first-order valence-corrected chi connectivity index (χ1v) is 6.69. The van der Waals surface area contributed by atoms with E-state index in [-0.39, 0.29) is 11.4 Å². The molecule has 0 bridgehead atoms. The van der Waals surface area contributed by atoms with Gasteiger partial charge in [-0.15, -0.1) is 0 Å². The van der Waals surface area contributed by atoms with E-state index in [1.165, 1.54) is 6.42 Å². The van der Waals surface area contributed by atoms with Crippen LogP contribution in [0.1, 0.15) is 46.5 Å². The van der Waals surface area contributed by atoms with Gasteiger partial charge in [0.05, 0.1) is 0 Å². The molecule has 4 nitrogen and oxygen atoms in total. The zero-order valence-electron chi connectivity index (χ0n) is 11.4. The lowest BCUT2D eigenvalue weighted by Gasteiger charge is -2.31. The summed E-state index contributed by atoms with van der Waals surface area (Å²) in [6.45, 7) is 7.87. The second-order valence-corrected chi connectivity index (χ2v) is 5.91. The van der Waals surface area contributed by atoms with Crippen LogP contribution in [0.25, 0.3) is 0 Å². The Labute approximate surface area is 105 Å². The fourth-order valence-corrected chi connectivity index (χ4v) is 2.63. The van der Waals surface area contributed by atoms with Crippen molar-refractivity contribution in [2.75, 3.05) is 13.1 Å². The number of hydrogen-bond donors (Lipinski definition) is 3. The summed E-state index contributed by atoms with van der Waals surface area (Å²) in [5, 5.41) is 6.44. The summed E-state index contributed by atoms with van der Waals surface area (Å²) in [6.07, 6.45) is 3.79. The minimum atomic E-state index is -0.260. The molecule has 1 aliphatic heterocycles. The summed E-state index contributed by atoms with van der Waals surface area (Å²) < 4.78 is 0. The Morgan fingerprint density at radius 3 is 2.76 bits per heavy atom. The second-order valence-electron chi connectivity index (χ2n) is 5.91. The number of hydrogen-bond acceptors (Lipinski definition) is 3. The third-order valence-electron chi connectivity index (χ3n) is 3.34. The minimum absolute atomic E-state index is 0.123. The van der Waals surface area contributed by atoms with Gasteiger partial charge in [0.2, 0.25) is 5.91 Å². The van der Waals surface area contributed by atoms with Crippen molar-refractivity contribution in [3.8, 4) is 0 Å². The highest BCUT2D eigenvalue weighted by atomic mass is 16.1. The molecule has 0 radical (unpaired) electrons. The van der Waals surface area contributed by atoms with Crippen LogP contribution in [-0.4, -0.2) is 30.6 Å². The van der Waals surface area contributed by atoms with E-state index in [0.717, 1.165) is 19.4 Å². The summed E-state index contributed by atoms with van der Waals surface area (Å²) in [5.41, 5.74) is 5.52. The van der Waals surface area contributed by atoms with Crippen LogP contribution in [0.3, 0.4) is 0 Å². The molecule has 1 aliphatic rings. The van der Waals surface area contributed by atoms with Crippen molar-refractivity contribution in [2.45, 2.75) is 58.0 Å². The Hall–Kier alpha value is -0.610. The zero-order valence-corrected chi connectivity index (χ0v) is 11.4. The number of nitrogens with two attached hydrogens (primary N) is 1. The average molecular weight is 241 g/mol. The van der Waals surface area contributed by atoms with Gasteiger partial charge in [0.15, 0.2) is 0 Å². The number of carbonyl (C=O) groups is 1. The molecule has 0 aliphatic carbocycles. The lowest BCUT2D eigenvalue weighted by Crippen LogP contribution is -2.53. The van der Waals surface area contributed by atoms with Gasteiger partial charge in [-0.1, -0.05) is 13.8 Å². The van der Waals surface area contributed by atoms with Crippen LogP contribution in [0.15, 0.2) is 0 Å². The van der Waals surface area contributed by atoms with Crippen LogP contribution in [0.5, 0.6) is 0 Å². The maximum atomic E-state index is 11.9. The highest BCUT2D eigenvalue weighted by molar-refractivity contribution is 5.77. The normalized spacial score (nSPS) is 23.7. The van der Waals surface area contributed by atoms with Gasteiger partial charge >= 0.3 is 0 Å². The van der Waals surface area contributed by atoms with Crippen molar-refractivity contribution in [2.24, 2.45) is 11.7 Å². The molecule has 0 saturated carbocycles. The van der Waals surface area contributed by atoms with Crippen molar-refractivity contribution in [1.82, 2.24) is 10.6 Å². The van der Waals surface area contributed by atoms with Crippen molar-refractivity contribution >= 4 is 5.91 Å². The third kappa shape index (κ3) is 5.04. The Morgan fingerprint density at radius 1 is 1.59 bits per heavy atom. The molecule has 1 heterocycles. The molecule has 4 heteroatoms. The summed E-state index contributed by atoms with van der Waals surface area (Å²) in [7, 11) is 0. The van der Waals surface area contributed by atoms with E-state index >= 15 is 0 Å². The highest BCUT2D eigenvalue weighted by Crippen LogP contribution is 2.16. The second kappa shape index (κ2) is 6.36. The van der Waals surface area contributed by atoms with Crippen molar-refractivity contribution in [1.29, 1.82) is 0 Å². The summed E-state index contributed by atoms with van der Waals surface area (Å²) >= 11 is 0. The molecule has 1 fully saturated rings. The van der Waals surface area contributed by atoms with Crippen LogP contribution < -0.4 is 16.4 Å². The molecule has 2 unspecified atom stereocenters. The molecule has 4 N–H and O–H groups in total. The highest BCUT2D eigenvalue weighted by Gasteiger charge is 2.27. The van der Waals surface area contributed by atoms with E-state index in [4.69, 9.17) is 5.73 Å². The van der Waals surface area contributed by atoms with E-state index < -0.39 is 0 Å². The Balaban J connectivity index is 2.40. The van der Waals surface area contributed by atoms with Gasteiger partial charge < -0.3 is 16.4 Å². The lowest BCUT2D eigenvalue weighted by atomic mass is 9.90. The Kier molecular flexibility index (Phi) is 5.40. The summed E-state index contributed by atoms with van der Waals surface area (Å²) in [5.74, 6) is 0.659. The minimum Gasteiger partial charge on any atom is -0.350 e. The van der Waals surface area contributed by atoms with Crippen LogP contribution in [0.2, 0.25) is 0 Å². The molecule has 1 amide bonds. The Bertz CT molecular complexity index is 249. The maximum Gasteiger partial charge on any atom is 0.222 e. The first-order chi connectivity index (χ1) is 7.95. The van der Waals surface area contributed by atoms with Crippen LogP contribution in [-0.2, 0) is 4.79 Å². The average Bonchev–Trinajstić information content (AvgIpc) is 2.68. The van der Waals surface area contributed by atoms with Crippen molar-refractivity contribution in [3.63, 3.8) is 0 Å². The van der Waals surface area contributed by atoms with Crippen LogP contribution >= 0.6 is 0 Å². The molecule has 100 valence electrons. The van der Waals surface area contributed by atoms with Crippen molar-refractivity contribution < 1.29 is 4.79 Å². The first-order valence-electron chi connectivity index (χ1n) is 6.69. The summed E-state index contributed by atoms with van der Waals surface area (Å²) in [4.78, 5) is 11.9. The fraction of sp³-hybridized carbons (Fsp3) is 0.923. The Morgan fingerprint density at radius 2 is 2.29 bits per heavy atom. The molecular formula is C13H27N3O. The predicted octanol–water partition coefficient (Wildman–Crippen LogP) is 1.01. The molecule has 0 aromatic rings. The molecule has 2 atom stereocenters. The molecule has 0 aromatic heterocycles. The fourth-order valence-electron chi connectivity index (χ4n) is 2.63. The monoisotopic (exact) mass is 241 g/mol. The van der Waals surface area contributed by atoms with Gasteiger partial charge in [0.25, 0.3) is 0 Å². The molecule has 1 saturated heterocycles. The van der Waals surface area contributed by atoms with Gasteiger partial charge in [-0.2, -0.15) is 0 Å². The molecule has 1 rings (SSSR count). The number of rotatable bonds is 6. The quantitative estimate of drug-likeness (QED) is 0.650. The van der Waals surface area contributed by atoms with Gasteiger partial charge in [0, 0.05) is 24.5 Å². The third-order valence-corrected chi connectivity index (χ3v) is 3.34. The van der Waals surface area contributed by atoms with Gasteiger partial charge in [-0.3, -0.25) is 4.79 Å². The maximum absolute atomic E-state index is 11.9. The SMILES string of the molecule is CC(C)CC(C)(CN)NC(=O)CC1CCCN1. The van der Waals surface area contributed by atoms with Crippen LogP contribution in [0.4, 0.5) is 0 Å². The van der Waals surface area contributed by atoms with Gasteiger partial charge in [-0.05, 0) is 38.6 Å². The number of amides is 1. The van der Waals surface area contributed by atoms with E-state index in [0.29, 0.717) is 24.9 Å². The number of carbonyl (C=O) groups excluding carboxylic acids is 1. The number of nitrogens with one attached hydrogen (secondary N) is 2. The van der Waals surface area contributed by atoms with Crippen molar-refractivity contribution in [3.05, 3.63) is 0 Å². The molecular weight excluding hydrogens is 214 g/mol. The van der Waals surface area contributed by atoms with Gasteiger partial charge in [0.1, 0.15) is 0 Å². The van der Waals surface area contributed by atoms with Crippen LogP contribution in [0, 0.1) is 5.92 Å². The van der Waals surface area contributed by atoms with E-state index in [2.05, 4.69) is 24.5 Å². The molecule has 0 spiro atoms. The predicted molar refractivity (Wildman–Crippen MR) is 70.7 cm³/mol. The topological polar surface area (TPSA) is 67.1 Å². The van der Waals surface area contributed by atoms with E-state index in [1.807, 2.05) is 6.92 Å². The largest absolute Gasteiger partial charge is 0.350 e. The first kappa shape index (κ1) is 14.5. The summed E-state index contributed by atoms with van der Waals surface area (Å²) in [6, 6.07) is 0.357. The smallest absolute Gasteiger partial charge is 0.222 e. The van der Waals surface area contributed by atoms with E-state index in [9.17, 15) is 4.79 Å². The molecule has 17 heavy (non-hydrogen) atoms. The lowest BCUT2D eigenvalue weighted by molar-refractivity contribution is -0.123. The van der Waals surface area contributed by atoms with E-state index in [1.54, 1.807) is 0 Å². The zero-order chi connectivity index (χ0) is 12.9. The molecule has 0 aromatic carbocycles. The standard InChI is InChI=1S/C13H27N3O/c1-10(2)8-13(3,9-14)16-12(17)7-11-5-4-6-15-11/h10-11,15H,4-9,14H2,1-3H3,(H,16,17). The van der Waals surface area contributed by atoms with Gasteiger partial charge in [-0.25, -0.2) is 0 Å².